The van der Waals surface area contributed by atoms with Crippen LogP contribution in [0.4, 0.5) is 5.69 Å². The largest absolute Gasteiger partial charge is 0.399 e. The Morgan fingerprint density at radius 2 is 1.67 bits per heavy atom. The summed E-state index contributed by atoms with van der Waals surface area (Å²) in [6.45, 7) is 0. The van der Waals surface area contributed by atoms with Crippen molar-refractivity contribution in [1.82, 2.24) is 0 Å². The number of rotatable bonds is 2. The molecule has 0 aromatic heterocycles. The molecule has 21 heavy (non-hydrogen) atoms. The van der Waals surface area contributed by atoms with Crippen LogP contribution < -0.4 is 17.2 Å². The molecule has 1 aliphatic rings. The number of hydrogen-bond donors (Lipinski definition) is 3. The van der Waals surface area contributed by atoms with Crippen molar-refractivity contribution >= 4 is 11.3 Å². The van der Waals surface area contributed by atoms with Crippen LogP contribution in [0.1, 0.15) is 12.0 Å². The van der Waals surface area contributed by atoms with E-state index in [0.717, 1.165) is 28.0 Å². The Bertz CT molecular complexity index is 712. The summed E-state index contributed by atoms with van der Waals surface area (Å²) in [6.07, 6.45) is 6.60. The molecule has 3 nitrogen and oxygen atoms in total. The van der Waals surface area contributed by atoms with Gasteiger partial charge < -0.3 is 17.2 Å². The zero-order valence-corrected chi connectivity index (χ0v) is 11.8. The number of allylic oxidation sites excluding steroid dienone is 2. The second-order valence-electron chi connectivity index (χ2n) is 5.42. The second-order valence-corrected chi connectivity index (χ2v) is 5.42. The predicted octanol–water partition coefficient (Wildman–Crippen LogP) is 2.89. The van der Waals surface area contributed by atoms with E-state index in [1.807, 2.05) is 54.6 Å². The summed E-state index contributed by atoms with van der Waals surface area (Å²) in [5.41, 5.74) is 22.5. The minimum atomic E-state index is -0.853. The van der Waals surface area contributed by atoms with Crippen LogP contribution in [0.3, 0.4) is 0 Å². The highest BCUT2D eigenvalue weighted by molar-refractivity contribution is 5.87. The Morgan fingerprint density at radius 1 is 0.905 bits per heavy atom. The standard InChI is InChI=1S/C18H19N3/c19-14-9-10-15(17-8-4-5-11-18(17,20)21)16(12-14)13-6-2-1-3-7-13/h1-10,12H,11,19-21H2. The third kappa shape index (κ3) is 2.61. The maximum absolute atomic E-state index is 6.27. The SMILES string of the molecule is Nc1ccc(C2=CC=CCC2(N)N)c(-c2ccccc2)c1. The van der Waals surface area contributed by atoms with Crippen molar-refractivity contribution in [3.63, 3.8) is 0 Å². The highest BCUT2D eigenvalue weighted by atomic mass is 15.0. The summed E-state index contributed by atoms with van der Waals surface area (Å²) >= 11 is 0. The van der Waals surface area contributed by atoms with Crippen LogP contribution in [0.15, 0.2) is 66.8 Å². The van der Waals surface area contributed by atoms with Crippen molar-refractivity contribution in [1.29, 1.82) is 0 Å². The van der Waals surface area contributed by atoms with Gasteiger partial charge in [-0.3, -0.25) is 0 Å². The molecule has 6 N–H and O–H groups in total. The monoisotopic (exact) mass is 277 g/mol. The molecule has 2 aromatic carbocycles. The van der Waals surface area contributed by atoms with E-state index in [1.54, 1.807) is 0 Å². The molecule has 0 spiro atoms. The smallest absolute Gasteiger partial charge is 0.0940 e. The lowest BCUT2D eigenvalue weighted by molar-refractivity contribution is 0.577. The van der Waals surface area contributed by atoms with Gasteiger partial charge in [-0.15, -0.1) is 0 Å². The van der Waals surface area contributed by atoms with Crippen molar-refractivity contribution in [2.24, 2.45) is 11.5 Å². The summed E-state index contributed by atoms with van der Waals surface area (Å²) in [5, 5.41) is 0. The first-order valence-corrected chi connectivity index (χ1v) is 6.98. The number of hydrogen-bond acceptors (Lipinski definition) is 3. The lowest BCUT2D eigenvalue weighted by Gasteiger charge is -2.30. The van der Waals surface area contributed by atoms with Crippen molar-refractivity contribution in [2.45, 2.75) is 12.1 Å². The lowest BCUT2D eigenvalue weighted by Crippen LogP contribution is -2.50. The zero-order valence-electron chi connectivity index (χ0n) is 11.8. The molecule has 0 saturated carbocycles. The maximum atomic E-state index is 6.27. The summed E-state index contributed by atoms with van der Waals surface area (Å²) in [5.74, 6) is 0. The van der Waals surface area contributed by atoms with Gasteiger partial charge in [0.1, 0.15) is 0 Å². The van der Waals surface area contributed by atoms with Crippen molar-refractivity contribution in [2.75, 3.05) is 5.73 Å². The number of nitrogens with two attached hydrogens (primary N) is 3. The van der Waals surface area contributed by atoms with Gasteiger partial charge in [0.2, 0.25) is 0 Å². The topological polar surface area (TPSA) is 78.1 Å². The van der Waals surface area contributed by atoms with E-state index in [2.05, 4.69) is 12.1 Å². The Hall–Kier alpha value is -2.36. The Kier molecular flexibility index (Phi) is 3.37. The quantitative estimate of drug-likeness (QED) is 0.583. The van der Waals surface area contributed by atoms with Crippen LogP contribution in [0.5, 0.6) is 0 Å². The molecule has 0 saturated heterocycles. The van der Waals surface area contributed by atoms with Crippen LogP contribution in [-0.2, 0) is 0 Å². The first-order valence-electron chi connectivity index (χ1n) is 6.98. The minimum Gasteiger partial charge on any atom is -0.399 e. The van der Waals surface area contributed by atoms with Crippen LogP contribution in [0.2, 0.25) is 0 Å². The van der Waals surface area contributed by atoms with Crippen LogP contribution in [0.25, 0.3) is 16.7 Å². The molecule has 0 fully saturated rings. The first kappa shape index (κ1) is 13.6. The number of nitrogen functional groups attached to an aromatic ring is 1. The van der Waals surface area contributed by atoms with Gasteiger partial charge in [-0.2, -0.15) is 0 Å². The highest BCUT2D eigenvalue weighted by Crippen LogP contribution is 2.36. The average molecular weight is 277 g/mol. The van der Waals surface area contributed by atoms with E-state index in [1.165, 1.54) is 0 Å². The zero-order chi connectivity index (χ0) is 14.9. The van der Waals surface area contributed by atoms with Gasteiger partial charge in [0.15, 0.2) is 0 Å². The van der Waals surface area contributed by atoms with E-state index >= 15 is 0 Å². The van der Waals surface area contributed by atoms with Crippen molar-refractivity contribution < 1.29 is 0 Å². The molecule has 0 radical (unpaired) electrons. The normalized spacial score (nSPS) is 16.6. The van der Waals surface area contributed by atoms with Gasteiger partial charge in [-0.1, -0.05) is 54.6 Å². The molecule has 0 unspecified atom stereocenters. The molecule has 106 valence electrons. The highest BCUT2D eigenvalue weighted by Gasteiger charge is 2.27. The van der Waals surface area contributed by atoms with E-state index in [9.17, 15) is 0 Å². The van der Waals surface area contributed by atoms with Crippen LogP contribution in [-0.4, -0.2) is 5.66 Å². The van der Waals surface area contributed by atoms with E-state index in [-0.39, 0.29) is 0 Å². The fraction of sp³-hybridized carbons (Fsp3) is 0.111. The molecule has 3 heteroatoms. The first-order chi connectivity index (χ1) is 10.1. The number of anilines is 1. The molecule has 2 aromatic rings. The van der Waals surface area contributed by atoms with Gasteiger partial charge in [0.05, 0.1) is 5.66 Å². The molecule has 0 atom stereocenters. The third-order valence-corrected chi connectivity index (χ3v) is 3.77. The third-order valence-electron chi connectivity index (χ3n) is 3.77. The Morgan fingerprint density at radius 3 is 2.38 bits per heavy atom. The summed E-state index contributed by atoms with van der Waals surface area (Å²) in [6, 6.07) is 16.0. The van der Waals surface area contributed by atoms with Crippen LogP contribution in [0, 0.1) is 0 Å². The second kappa shape index (κ2) is 5.20. The van der Waals surface area contributed by atoms with Gasteiger partial charge in [-0.25, -0.2) is 0 Å². The average Bonchev–Trinajstić information content (AvgIpc) is 2.48. The molecule has 0 aliphatic heterocycles. The molecular weight excluding hydrogens is 258 g/mol. The summed E-state index contributed by atoms with van der Waals surface area (Å²) < 4.78 is 0. The van der Waals surface area contributed by atoms with Gasteiger partial charge in [0, 0.05) is 12.1 Å². The van der Waals surface area contributed by atoms with Crippen molar-refractivity contribution in [3.8, 4) is 11.1 Å². The van der Waals surface area contributed by atoms with E-state index < -0.39 is 5.66 Å². The van der Waals surface area contributed by atoms with E-state index in [0.29, 0.717) is 6.42 Å². The van der Waals surface area contributed by atoms with Gasteiger partial charge in [0.25, 0.3) is 0 Å². The van der Waals surface area contributed by atoms with E-state index in [4.69, 9.17) is 17.2 Å². The molecule has 0 amide bonds. The molecule has 1 aliphatic carbocycles. The molecular formula is C18H19N3. The Labute approximate surface area is 124 Å². The lowest BCUT2D eigenvalue weighted by atomic mass is 9.84. The predicted molar refractivity (Wildman–Crippen MR) is 89.1 cm³/mol. The van der Waals surface area contributed by atoms with Gasteiger partial charge >= 0.3 is 0 Å². The minimum absolute atomic E-state index is 0.622. The molecule has 0 heterocycles. The maximum Gasteiger partial charge on any atom is 0.0940 e. The summed E-state index contributed by atoms with van der Waals surface area (Å²) in [4.78, 5) is 0. The fourth-order valence-corrected chi connectivity index (χ4v) is 2.69. The van der Waals surface area contributed by atoms with Gasteiger partial charge in [-0.05, 0) is 34.4 Å². The molecule has 0 bridgehead atoms. The number of benzene rings is 2. The van der Waals surface area contributed by atoms with Crippen LogP contribution >= 0.6 is 0 Å². The Balaban J connectivity index is 2.20. The molecule has 3 rings (SSSR count). The summed E-state index contributed by atoms with van der Waals surface area (Å²) in [7, 11) is 0. The van der Waals surface area contributed by atoms with Crippen molar-refractivity contribution in [3.05, 3.63) is 72.3 Å². The fourth-order valence-electron chi connectivity index (χ4n) is 2.69.